The molecule has 0 bridgehead atoms. The van der Waals surface area contributed by atoms with Crippen LogP contribution in [-0.2, 0) is 18.3 Å². The Morgan fingerprint density at radius 2 is 0.667 bits per heavy atom. The van der Waals surface area contributed by atoms with Crippen LogP contribution in [0.1, 0.15) is 246 Å². The molecular weight excluding hydrogens is 775 g/mol. The molecule has 0 aliphatic rings. The largest absolute Gasteiger partial charge is 0.396 e. The van der Waals surface area contributed by atoms with E-state index in [1.54, 1.807) is 0 Å². The van der Waals surface area contributed by atoms with Gasteiger partial charge in [-0.3, -0.25) is 0 Å². The second-order valence-electron chi connectivity index (χ2n) is 19.9. The molecule has 1 N–H and O–H groups in total. The highest BCUT2D eigenvalue weighted by atomic mass is 28.4. The number of nitrogens with zero attached hydrogens (tertiary/aromatic N) is 1. The first-order chi connectivity index (χ1) is 29.1. The van der Waals surface area contributed by atoms with Gasteiger partial charge in [-0.1, -0.05) is 182 Å². The monoisotopic (exact) mass is 886 g/mol. The molecule has 60 heavy (non-hydrogen) atoms. The van der Waals surface area contributed by atoms with Crippen molar-refractivity contribution in [2.75, 3.05) is 39.5 Å². The van der Waals surface area contributed by atoms with Gasteiger partial charge >= 0.3 is 0 Å². The molecule has 0 saturated heterocycles. The lowest BCUT2D eigenvalue weighted by atomic mass is 10.1. The number of hydrogen-bond acceptors (Lipinski definition) is 6. The van der Waals surface area contributed by atoms with Crippen LogP contribution in [0.15, 0.2) is 0 Å². The Hall–Kier alpha value is 0.194. The smallest absolute Gasteiger partial charge is 0.190 e. The maximum atomic E-state index is 9.51. The van der Waals surface area contributed by atoms with Crippen molar-refractivity contribution in [1.82, 2.24) is 4.90 Å². The van der Waals surface area contributed by atoms with Gasteiger partial charge in [0, 0.05) is 19.8 Å². The third-order valence-corrected chi connectivity index (χ3v) is 17.4. The average molecular weight is 887 g/mol. The second kappa shape index (κ2) is 44.4. The summed E-state index contributed by atoms with van der Waals surface area (Å²) in [6.07, 6.45) is 42.9. The Kier molecular flexibility index (Phi) is 44.5. The van der Waals surface area contributed by atoms with Crippen LogP contribution in [0.2, 0.25) is 38.3 Å². The molecule has 362 valence electrons. The van der Waals surface area contributed by atoms with E-state index in [0.717, 1.165) is 71.4 Å². The highest BCUT2D eigenvalue weighted by Gasteiger charge is 2.28. The van der Waals surface area contributed by atoms with Gasteiger partial charge in [0.2, 0.25) is 0 Å². The number of ether oxygens (including phenoxy) is 2. The van der Waals surface area contributed by atoms with E-state index in [-0.39, 0.29) is 12.6 Å². The van der Waals surface area contributed by atoms with Crippen LogP contribution >= 0.6 is 0 Å². The van der Waals surface area contributed by atoms with Crippen LogP contribution < -0.4 is 0 Å². The summed E-state index contributed by atoms with van der Waals surface area (Å²) in [6.45, 7) is 24.2. The van der Waals surface area contributed by atoms with Crippen LogP contribution in [0.25, 0.3) is 0 Å². The van der Waals surface area contributed by atoms with Crippen LogP contribution in [0.3, 0.4) is 0 Å². The molecule has 6 nitrogen and oxygen atoms in total. The maximum Gasteiger partial charge on any atom is 0.190 e. The fourth-order valence-corrected chi connectivity index (χ4v) is 12.7. The number of aliphatic hydroxyl groups excluding tert-OH is 1. The van der Waals surface area contributed by atoms with E-state index in [4.69, 9.17) is 18.3 Å². The van der Waals surface area contributed by atoms with Gasteiger partial charge in [0.15, 0.2) is 16.6 Å². The molecular formula is C52H111NO5Si2. The minimum atomic E-state index is -1.76. The standard InChI is InChI=1S/C52H111NO5Si2/c1-9-13-17-21-25-37-47-55-51(57-59(5,6)49-39-27-23-19-15-11-3)41-31-29-33-43-53(45-35-36-46-54)44-34-30-32-42-52(56-48-38-26-22-18-14-10-2)58-60(7,8)50-40-28-24-20-16-12-4/h51-52,54H,9-50H2,1-8H3. The first kappa shape index (κ1) is 60.2. The summed E-state index contributed by atoms with van der Waals surface area (Å²) < 4.78 is 26.7. The van der Waals surface area contributed by atoms with Crippen molar-refractivity contribution in [3.8, 4) is 0 Å². The molecule has 0 rings (SSSR count). The van der Waals surface area contributed by atoms with Crippen LogP contribution in [0.4, 0.5) is 0 Å². The maximum absolute atomic E-state index is 9.51. The summed E-state index contributed by atoms with van der Waals surface area (Å²) in [5.74, 6) is 0. The van der Waals surface area contributed by atoms with Crippen molar-refractivity contribution in [2.24, 2.45) is 0 Å². The summed E-state index contributed by atoms with van der Waals surface area (Å²) in [7, 11) is -3.52. The fourth-order valence-electron chi connectivity index (χ4n) is 8.47. The quantitative estimate of drug-likeness (QED) is 0.0373. The summed E-state index contributed by atoms with van der Waals surface area (Å²) in [4.78, 5) is 2.68. The molecule has 0 aromatic rings. The van der Waals surface area contributed by atoms with Crippen molar-refractivity contribution in [3.05, 3.63) is 0 Å². The molecule has 0 saturated carbocycles. The molecule has 0 spiro atoms. The summed E-state index contributed by atoms with van der Waals surface area (Å²) in [5, 5.41) is 9.51. The molecule has 0 heterocycles. The molecule has 0 aliphatic carbocycles. The molecule has 0 fully saturated rings. The topological polar surface area (TPSA) is 60.4 Å². The Morgan fingerprint density at radius 1 is 0.367 bits per heavy atom. The van der Waals surface area contributed by atoms with E-state index in [1.165, 1.54) is 192 Å². The van der Waals surface area contributed by atoms with Crippen molar-refractivity contribution in [2.45, 2.75) is 297 Å². The molecule has 0 radical (unpaired) electrons. The van der Waals surface area contributed by atoms with Gasteiger partial charge in [0.25, 0.3) is 0 Å². The summed E-state index contributed by atoms with van der Waals surface area (Å²) in [5.41, 5.74) is 0. The molecule has 2 atom stereocenters. The van der Waals surface area contributed by atoms with E-state index in [1.807, 2.05) is 0 Å². The highest BCUT2D eigenvalue weighted by Crippen LogP contribution is 2.24. The van der Waals surface area contributed by atoms with Crippen molar-refractivity contribution in [3.63, 3.8) is 0 Å². The van der Waals surface area contributed by atoms with Crippen LogP contribution in [-0.4, -0.2) is 78.7 Å². The lowest BCUT2D eigenvalue weighted by Crippen LogP contribution is -2.37. The van der Waals surface area contributed by atoms with Gasteiger partial charge in [-0.2, -0.15) is 0 Å². The lowest BCUT2D eigenvalue weighted by molar-refractivity contribution is -0.0929. The van der Waals surface area contributed by atoms with E-state index in [0.29, 0.717) is 6.61 Å². The van der Waals surface area contributed by atoms with Gasteiger partial charge in [-0.05, 0) is 122 Å². The number of unbranched alkanes of at least 4 members (excludes halogenated alkanes) is 25. The highest BCUT2D eigenvalue weighted by molar-refractivity contribution is 6.71. The third-order valence-electron chi connectivity index (χ3n) is 12.5. The molecule has 8 heteroatoms. The number of rotatable bonds is 50. The van der Waals surface area contributed by atoms with Crippen molar-refractivity contribution < 1.29 is 23.4 Å². The normalized spacial score (nSPS) is 13.5. The van der Waals surface area contributed by atoms with Crippen LogP contribution in [0.5, 0.6) is 0 Å². The summed E-state index contributed by atoms with van der Waals surface area (Å²) >= 11 is 0. The average Bonchev–Trinajstić information content (AvgIpc) is 3.21. The summed E-state index contributed by atoms with van der Waals surface area (Å²) in [6, 6.07) is 2.50. The first-order valence-corrected chi connectivity index (χ1v) is 33.3. The molecule has 2 unspecified atom stereocenters. The molecule has 0 aromatic heterocycles. The predicted octanol–water partition coefficient (Wildman–Crippen LogP) is 16.8. The Balaban J connectivity index is 4.97. The van der Waals surface area contributed by atoms with Gasteiger partial charge < -0.3 is 28.3 Å². The van der Waals surface area contributed by atoms with E-state index in [2.05, 4.69) is 58.8 Å². The predicted molar refractivity (Wildman–Crippen MR) is 269 cm³/mol. The Bertz CT molecular complexity index is 787. The molecule has 0 amide bonds. The fraction of sp³-hybridized carbons (Fsp3) is 1.00. The molecule has 0 aliphatic heterocycles. The van der Waals surface area contributed by atoms with Gasteiger partial charge in [0.05, 0.1) is 0 Å². The second-order valence-corrected chi connectivity index (χ2v) is 28.4. The number of hydrogen-bond donors (Lipinski definition) is 1. The zero-order valence-electron chi connectivity index (χ0n) is 42.4. The lowest BCUT2D eigenvalue weighted by Gasteiger charge is -2.30. The Labute approximate surface area is 379 Å². The van der Waals surface area contributed by atoms with E-state index in [9.17, 15) is 5.11 Å². The SMILES string of the molecule is CCCCCCCCOC(CCCCCN(CCCCO)CCCCCC(OCCCCCCCC)O[Si](C)(C)CCCCCCCC)O[Si](C)(C)CCCCCCCC. The third kappa shape index (κ3) is 42.2. The zero-order valence-corrected chi connectivity index (χ0v) is 44.4. The van der Waals surface area contributed by atoms with E-state index < -0.39 is 16.6 Å². The minimum absolute atomic E-state index is 0.0329. The van der Waals surface area contributed by atoms with Gasteiger partial charge in [-0.25, -0.2) is 0 Å². The zero-order chi connectivity index (χ0) is 44.3. The van der Waals surface area contributed by atoms with Crippen LogP contribution in [0, 0.1) is 0 Å². The van der Waals surface area contributed by atoms with Gasteiger partial charge in [-0.15, -0.1) is 0 Å². The molecule has 0 aromatic carbocycles. The van der Waals surface area contributed by atoms with Gasteiger partial charge in [0.1, 0.15) is 12.6 Å². The van der Waals surface area contributed by atoms with Crippen molar-refractivity contribution in [1.29, 1.82) is 0 Å². The van der Waals surface area contributed by atoms with Crippen molar-refractivity contribution >= 4 is 16.6 Å². The minimum Gasteiger partial charge on any atom is -0.396 e. The van der Waals surface area contributed by atoms with E-state index >= 15 is 0 Å². The first-order valence-electron chi connectivity index (χ1n) is 27.0. The Morgan fingerprint density at radius 3 is 1.02 bits per heavy atom. The number of aliphatic hydroxyl groups is 1.